The van der Waals surface area contributed by atoms with E-state index in [1.807, 2.05) is 0 Å². The van der Waals surface area contributed by atoms with Crippen LogP contribution >= 0.6 is 0 Å². The molecule has 6 rings (SSSR count). The fourth-order valence-electron chi connectivity index (χ4n) is 8.11. The van der Waals surface area contributed by atoms with E-state index in [0.29, 0.717) is 19.1 Å². The van der Waals surface area contributed by atoms with Gasteiger partial charge in [-0.05, 0) is 65.9 Å². The van der Waals surface area contributed by atoms with Crippen LogP contribution in [0, 0.1) is 11.3 Å². The topological polar surface area (TPSA) is 27.7 Å². The molecule has 0 spiro atoms. The van der Waals surface area contributed by atoms with Crippen LogP contribution < -0.4 is 10.4 Å². The Morgan fingerprint density at radius 1 is 0.886 bits per heavy atom. The zero-order valence-electron chi connectivity index (χ0n) is 21.8. The molecular formula is C31H40O3Si. The van der Waals surface area contributed by atoms with Crippen molar-refractivity contribution in [2.75, 3.05) is 13.2 Å². The number of benzene rings is 2. The fraction of sp³-hybridized carbons (Fsp3) is 0.548. The molecule has 4 aliphatic rings. The summed E-state index contributed by atoms with van der Waals surface area (Å²) in [4.78, 5) is 0. The number of fused-ring (bicyclic) bond motifs is 4. The molecule has 1 aliphatic heterocycles. The normalized spacial score (nSPS) is 30.1. The lowest BCUT2D eigenvalue weighted by molar-refractivity contribution is -0.221. The van der Waals surface area contributed by atoms with Crippen LogP contribution in [0.2, 0.25) is 5.04 Å². The van der Waals surface area contributed by atoms with E-state index < -0.39 is 14.1 Å². The Morgan fingerprint density at radius 2 is 1.49 bits per heavy atom. The van der Waals surface area contributed by atoms with Crippen LogP contribution in [0.25, 0.3) is 0 Å². The summed E-state index contributed by atoms with van der Waals surface area (Å²) in [6.45, 7) is 10.8. The summed E-state index contributed by atoms with van der Waals surface area (Å²) in [5.74, 6) is 0.129. The maximum atomic E-state index is 7.70. The summed E-state index contributed by atoms with van der Waals surface area (Å²) in [6.07, 6.45) is 7.29. The van der Waals surface area contributed by atoms with E-state index in [0.717, 1.165) is 12.8 Å². The molecule has 0 radical (unpaired) electrons. The lowest BCUT2D eigenvalue weighted by atomic mass is 9.65. The highest BCUT2D eigenvalue weighted by Crippen LogP contribution is 2.66. The van der Waals surface area contributed by atoms with Crippen molar-refractivity contribution >= 4 is 18.7 Å². The van der Waals surface area contributed by atoms with E-state index in [2.05, 4.69) is 88.4 Å². The van der Waals surface area contributed by atoms with Crippen molar-refractivity contribution in [3.05, 3.63) is 71.8 Å². The lowest BCUT2D eigenvalue weighted by Gasteiger charge is -2.47. The van der Waals surface area contributed by atoms with Gasteiger partial charge in [0.15, 0.2) is 5.79 Å². The molecule has 3 nitrogen and oxygen atoms in total. The minimum atomic E-state index is -2.59. The Hall–Kier alpha value is -1.72. The predicted octanol–water partition coefficient (Wildman–Crippen LogP) is 5.98. The standard InChI is InChI=1S/C31H40O3Si/c1-29(2,3)35(24-13-7-5-8-14-24,25-15-9-6-10-16-25)34-27-18-17-26-28(27)23-12-11-19-31(26,22-23)30(4)32-20-21-33-30/h5-10,13-16,23,27H,11-12,17-22H2,1-4H3/t23-,27-,31-/m0/s1. The molecule has 3 atom stereocenters. The van der Waals surface area contributed by atoms with Gasteiger partial charge in [0.05, 0.1) is 19.3 Å². The Morgan fingerprint density at radius 3 is 2.06 bits per heavy atom. The van der Waals surface area contributed by atoms with Crippen molar-refractivity contribution in [3.8, 4) is 0 Å². The van der Waals surface area contributed by atoms with Gasteiger partial charge in [0.1, 0.15) is 0 Å². The first-order valence-corrected chi connectivity index (χ1v) is 15.5. The quantitative estimate of drug-likeness (QED) is 0.383. The number of ether oxygens (including phenoxy) is 2. The van der Waals surface area contributed by atoms with Gasteiger partial charge in [-0.25, -0.2) is 0 Å². The van der Waals surface area contributed by atoms with E-state index in [-0.39, 0.29) is 16.6 Å². The van der Waals surface area contributed by atoms with Crippen molar-refractivity contribution in [2.24, 2.45) is 11.3 Å². The fourth-order valence-corrected chi connectivity index (χ4v) is 12.8. The van der Waals surface area contributed by atoms with Crippen molar-refractivity contribution in [1.29, 1.82) is 0 Å². The van der Waals surface area contributed by atoms with Crippen LogP contribution in [0.15, 0.2) is 71.8 Å². The Bertz CT molecular complexity index is 1060. The minimum absolute atomic E-state index is 0.00591. The molecule has 1 saturated heterocycles. The van der Waals surface area contributed by atoms with Gasteiger partial charge in [-0.1, -0.05) is 93.4 Å². The number of hydrogen-bond acceptors (Lipinski definition) is 3. The molecule has 1 saturated carbocycles. The van der Waals surface area contributed by atoms with E-state index in [1.54, 1.807) is 11.1 Å². The lowest BCUT2D eigenvalue weighted by Crippen LogP contribution is -2.67. The second kappa shape index (κ2) is 8.41. The van der Waals surface area contributed by atoms with Crippen molar-refractivity contribution in [3.63, 3.8) is 0 Å². The SMILES string of the molecule is CC1([C@@]23CCC[C@@H](C2)C2=C3CC[C@@H]2O[Si](c2ccccc2)(c2ccccc2)C(C)(C)C)OCCO1. The molecule has 0 aromatic heterocycles. The maximum absolute atomic E-state index is 7.70. The van der Waals surface area contributed by atoms with Gasteiger partial charge in [-0.2, -0.15) is 0 Å². The first-order chi connectivity index (χ1) is 16.8. The van der Waals surface area contributed by atoms with Crippen LogP contribution in [-0.4, -0.2) is 33.4 Å². The third-order valence-corrected chi connectivity index (χ3v) is 14.6. The minimum Gasteiger partial charge on any atom is -0.401 e. The molecule has 35 heavy (non-hydrogen) atoms. The summed E-state index contributed by atoms with van der Waals surface area (Å²) in [7, 11) is -2.59. The second-order valence-corrected chi connectivity index (χ2v) is 16.5. The van der Waals surface area contributed by atoms with Gasteiger partial charge in [0.25, 0.3) is 8.32 Å². The van der Waals surface area contributed by atoms with Crippen LogP contribution in [0.5, 0.6) is 0 Å². The highest BCUT2D eigenvalue weighted by atomic mass is 28.4. The third-order valence-electron chi connectivity index (χ3n) is 9.56. The molecule has 2 bridgehead atoms. The number of rotatable bonds is 5. The van der Waals surface area contributed by atoms with Crippen LogP contribution in [0.4, 0.5) is 0 Å². The highest BCUT2D eigenvalue weighted by molar-refractivity contribution is 6.99. The van der Waals surface area contributed by atoms with Gasteiger partial charge in [-0.3, -0.25) is 0 Å². The summed E-state index contributed by atoms with van der Waals surface area (Å²) < 4.78 is 20.4. The van der Waals surface area contributed by atoms with Gasteiger partial charge in [0.2, 0.25) is 0 Å². The van der Waals surface area contributed by atoms with Crippen molar-refractivity contribution in [1.82, 2.24) is 0 Å². The Labute approximate surface area is 212 Å². The average molecular weight is 489 g/mol. The number of hydrogen-bond donors (Lipinski definition) is 0. The largest absolute Gasteiger partial charge is 0.401 e. The first-order valence-electron chi connectivity index (χ1n) is 13.6. The zero-order valence-corrected chi connectivity index (χ0v) is 22.8. The Kier molecular flexibility index (Phi) is 5.68. The highest BCUT2D eigenvalue weighted by Gasteiger charge is 2.63. The van der Waals surface area contributed by atoms with Gasteiger partial charge >= 0.3 is 0 Å². The molecule has 1 heterocycles. The van der Waals surface area contributed by atoms with Crippen molar-refractivity contribution < 1.29 is 13.9 Å². The third kappa shape index (κ3) is 3.40. The average Bonchev–Trinajstić information content (AvgIpc) is 3.55. The molecule has 2 aromatic carbocycles. The molecule has 0 amide bonds. The van der Waals surface area contributed by atoms with Crippen LogP contribution in [0.3, 0.4) is 0 Å². The Balaban J connectivity index is 1.47. The van der Waals surface area contributed by atoms with Crippen LogP contribution in [-0.2, 0) is 13.9 Å². The molecule has 4 heteroatoms. The first kappa shape index (κ1) is 23.7. The predicted molar refractivity (Wildman–Crippen MR) is 143 cm³/mol. The van der Waals surface area contributed by atoms with E-state index >= 15 is 0 Å². The molecule has 2 fully saturated rings. The molecule has 3 aliphatic carbocycles. The zero-order chi connectivity index (χ0) is 24.3. The summed E-state index contributed by atoms with van der Waals surface area (Å²) >= 11 is 0. The molecule has 186 valence electrons. The summed E-state index contributed by atoms with van der Waals surface area (Å²) in [5.41, 5.74) is 3.29. The van der Waals surface area contributed by atoms with Gasteiger partial charge in [0, 0.05) is 5.41 Å². The van der Waals surface area contributed by atoms with Crippen LogP contribution in [0.1, 0.15) is 66.2 Å². The maximum Gasteiger partial charge on any atom is 0.261 e. The van der Waals surface area contributed by atoms with Gasteiger partial charge in [-0.15, -0.1) is 0 Å². The molecule has 0 unspecified atom stereocenters. The van der Waals surface area contributed by atoms with E-state index in [4.69, 9.17) is 13.9 Å². The van der Waals surface area contributed by atoms with E-state index in [9.17, 15) is 0 Å². The molecular weight excluding hydrogens is 448 g/mol. The monoisotopic (exact) mass is 488 g/mol. The van der Waals surface area contributed by atoms with Gasteiger partial charge < -0.3 is 13.9 Å². The second-order valence-electron chi connectivity index (χ2n) is 12.3. The van der Waals surface area contributed by atoms with Crippen molar-refractivity contribution in [2.45, 2.75) is 83.1 Å². The molecule has 2 aromatic rings. The summed E-state index contributed by atoms with van der Waals surface area (Å²) in [6, 6.07) is 22.2. The van der Waals surface area contributed by atoms with E-state index in [1.165, 1.54) is 36.1 Å². The molecule has 0 N–H and O–H groups in total. The smallest absolute Gasteiger partial charge is 0.261 e. The summed E-state index contributed by atoms with van der Waals surface area (Å²) in [5, 5.41) is 2.74.